The van der Waals surface area contributed by atoms with E-state index in [2.05, 4.69) is 18.2 Å². The van der Waals surface area contributed by atoms with Crippen molar-refractivity contribution in [3.05, 3.63) is 108 Å². The molecule has 0 amide bonds. The number of ketones is 2. The van der Waals surface area contributed by atoms with Crippen LogP contribution in [0.1, 0.15) is 57.5 Å². The van der Waals surface area contributed by atoms with Gasteiger partial charge in [0, 0.05) is 30.5 Å². The number of benzene rings is 2. The third-order valence-electron chi connectivity index (χ3n) is 6.16. The Balaban J connectivity index is 0.00000260. The van der Waals surface area contributed by atoms with Crippen LogP contribution < -0.4 is 0 Å². The molecule has 1 atom stereocenters. The van der Waals surface area contributed by atoms with Gasteiger partial charge in [0.15, 0.2) is 11.6 Å². The lowest BCUT2D eigenvalue weighted by atomic mass is 9.94. The second-order valence-corrected chi connectivity index (χ2v) is 8.76. The monoisotopic (exact) mass is 550 g/mol. The van der Waals surface area contributed by atoms with E-state index < -0.39 is 0 Å². The van der Waals surface area contributed by atoms with Crippen molar-refractivity contribution < 1.29 is 23.8 Å². The van der Waals surface area contributed by atoms with Crippen LogP contribution >= 0.6 is 11.6 Å². The molecule has 1 unspecified atom stereocenters. The highest BCUT2D eigenvalue weighted by molar-refractivity contribution is 6.15. The van der Waals surface area contributed by atoms with Gasteiger partial charge in [0.2, 0.25) is 0 Å². The number of fused-ring (bicyclic) bond motifs is 3. The number of ether oxygens (including phenoxy) is 3. The zero-order valence-electron chi connectivity index (χ0n) is 23.2. The molecule has 3 rings (SSSR count). The van der Waals surface area contributed by atoms with Gasteiger partial charge in [-0.1, -0.05) is 73.4 Å². The highest BCUT2D eigenvalue weighted by Crippen LogP contribution is 2.45. The molecule has 0 saturated heterocycles. The van der Waals surface area contributed by atoms with E-state index in [0.29, 0.717) is 30.9 Å². The average Bonchev–Trinajstić information content (AvgIpc) is 3.27. The first-order chi connectivity index (χ1) is 19.1. The summed E-state index contributed by atoms with van der Waals surface area (Å²) in [5, 5.41) is 0. The zero-order valence-corrected chi connectivity index (χ0v) is 23.9. The molecule has 0 bridgehead atoms. The number of methoxy groups -OCH3 is 1. The summed E-state index contributed by atoms with van der Waals surface area (Å²) in [6.07, 6.45) is 16.4. The van der Waals surface area contributed by atoms with Crippen molar-refractivity contribution in [3.8, 4) is 11.1 Å². The van der Waals surface area contributed by atoms with Gasteiger partial charge in [-0.3, -0.25) is 9.59 Å². The lowest BCUT2D eigenvalue weighted by Gasteiger charge is -2.14. The molecule has 0 heterocycles. The summed E-state index contributed by atoms with van der Waals surface area (Å²) in [5.74, 6) is -0.169. The van der Waals surface area contributed by atoms with Gasteiger partial charge in [0.25, 0.3) is 0 Å². The molecule has 0 aliphatic heterocycles. The van der Waals surface area contributed by atoms with Gasteiger partial charge in [-0.2, -0.15) is 0 Å². The third kappa shape index (κ3) is 9.55. The number of hydrogen-bond acceptors (Lipinski definition) is 5. The van der Waals surface area contributed by atoms with E-state index >= 15 is 0 Å². The van der Waals surface area contributed by atoms with E-state index in [1.165, 1.54) is 6.38 Å². The summed E-state index contributed by atoms with van der Waals surface area (Å²) in [6.45, 7) is 7.10. The van der Waals surface area contributed by atoms with Gasteiger partial charge < -0.3 is 14.2 Å². The maximum atomic E-state index is 12.8. The highest BCUT2D eigenvalue weighted by Gasteiger charge is 2.30. The molecule has 39 heavy (non-hydrogen) atoms. The molecule has 0 fully saturated rings. The standard InChI is InChI=1S/C32H36O5.CH3Cl/c1-4-6-8-10-12-18-37-23-32(34)25-14-16-27-26-15-13-24(31(33)22-36-17-11-9-7-5-2)19-28(26)30(21-35-3)29(27)20-25;1-2/h4-10,13-16,19-20,30H,2,11-12,17-18,21-23H2,1,3H3;1H3/b6-4+,9-7+,10-8+;. The van der Waals surface area contributed by atoms with Gasteiger partial charge in [0.1, 0.15) is 13.2 Å². The van der Waals surface area contributed by atoms with Crippen molar-refractivity contribution in [2.24, 2.45) is 0 Å². The van der Waals surface area contributed by atoms with Crippen LogP contribution in [0.2, 0.25) is 0 Å². The van der Waals surface area contributed by atoms with E-state index in [9.17, 15) is 9.59 Å². The number of halogens is 1. The van der Waals surface area contributed by atoms with Gasteiger partial charge in [0.05, 0.1) is 19.8 Å². The topological polar surface area (TPSA) is 61.8 Å². The predicted octanol–water partition coefficient (Wildman–Crippen LogP) is 7.35. The Kier molecular flexibility index (Phi) is 15.0. The molecule has 2 aromatic carbocycles. The van der Waals surface area contributed by atoms with Crippen LogP contribution in [0.4, 0.5) is 0 Å². The summed E-state index contributed by atoms with van der Waals surface area (Å²) >= 11 is 4.64. The van der Waals surface area contributed by atoms with E-state index in [0.717, 1.165) is 35.1 Å². The number of allylic oxidation sites excluding steroid dienone is 5. The van der Waals surface area contributed by atoms with Gasteiger partial charge in [-0.25, -0.2) is 0 Å². The quantitative estimate of drug-likeness (QED) is 0.0946. The molecule has 1 aliphatic carbocycles. The summed E-state index contributed by atoms with van der Waals surface area (Å²) in [5.41, 5.74) is 5.42. The fourth-order valence-electron chi connectivity index (χ4n) is 4.33. The van der Waals surface area contributed by atoms with Crippen LogP contribution in [0.3, 0.4) is 0 Å². The maximum Gasteiger partial charge on any atom is 0.188 e. The first-order valence-corrected chi connectivity index (χ1v) is 13.8. The normalized spacial score (nSPS) is 13.9. The van der Waals surface area contributed by atoms with E-state index in [1.807, 2.05) is 79.8 Å². The molecule has 2 aromatic rings. The molecule has 5 nitrogen and oxygen atoms in total. The molecular formula is C33H39ClO5. The summed E-state index contributed by atoms with van der Waals surface area (Å²) < 4.78 is 16.7. The number of carbonyl (C=O) groups is 2. The first-order valence-electron chi connectivity index (χ1n) is 13.0. The van der Waals surface area contributed by atoms with Crippen LogP contribution in [0, 0.1) is 0 Å². The van der Waals surface area contributed by atoms with Crippen molar-refractivity contribution in [2.75, 3.05) is 46.5 Å². The van der Waals surface area contributed by atoms with Gasteiger partial charge in [-0.15, -0.1) is 11.6 Å². The van der Waals surface area contributed by atoms with E-state index in [4.69, 9.17) is 14.2 Å². The van der Waals surface area contributed by atoms with Crippen molar-refractivity contribution in [1.82, 2.24) is 0 Å². The Morgan fingerprint density at radius 1 is 0.846 bits per heavy atom. The molecule has 0 spiro atoms. The Morgan fingerprint density at radius 2 is 1.36 bits per heavy atom. The number of hydrogen-bond donors (Lipinski definition) is 0. The number of Topliss-reactive ketones (excluding diaryl/α,β-unsaturated/α-hetero) is 2. The van der Waals surface area contributed by atoms with Crippen LogP contribution in [0.25, 0.3) is 11.1 Å². The fraction of sp³-hybridized carbons (Fsp3) is 0.333. The van der Waals surface area contributed by atoms with Crippen LogP contribution in [-0.2, 0) is 14.2 Å². The van der Waals surface area contributed by atoms with E-state index in [1.54, 1.807) is 13.2 Å². The molecule has 0 N–H and O–H groups in total. The Hall–Kier alpha value is -3.09. The largest absolute Gasteiger partial charge is 0.384 e. The zero-order chi connectivity index (χ0) is 28.5. The Morgan fingerprint density at radius 3 is 1.82 bits per heavy atom. The lowest BCUT2D eigenvalue weighted by molar-refractivity contribution is 0.0764. The first kappa shape index (κ1) is 32.1. The van der Waals surface area contributed by atoms with Crippen LogP contribution in [0.15, 0.2) is 85.5 Å². The minimum atomic E-state index is -0.0591. The molecular weight excluding hydrogens is 512 g/mol. The molecule has 0 saturated carbocycles. The minimum Gasteiger partial charge on any atom is -0.384 e. The third-order valence-corrected chi connectivity index (χ3v) is 6.16. The summed E-state index contributed by atoms with van der Waals surface area (Å²) in [4.78, 5) is 25.5. The number of alkyl halides is 1. The van der Waals surface area contributed by atoms with Crippen molar-refractivity contribution >= 4 is 23.2 Å². The number of carbonyl (C=O) groups excluding carboxylic acids is 2. The molecule has 208 valence electrons. The van der Waals surface area contributed by atoms with Gasteiger partial charge in [-0.05, 0) is 54.2 Å². The minimum absolute atomic E-state index is 0.0341. The van der Waals surface area contributed by atoms with Crippen molar-refractivity contribution in [2.45, 2.75) is 25.7 Å². The van der Waals surface area contributed by atoms with Crippen LogP contribution in [-0.4, -0.2) is 58.1 Å². The second kappa shape index (κ2) is 18.2. The summed E-state index contributed by atoms with van der Waals surface area (Å²) in [6, 6.07) is 11.5. The molecule has 0 radical (unpaired) electrons. The average molecular weight is 551 g/mol. The Bertz CT molecular complexity index is 1180. The second-order valence-electron chi connectivity index (χ2n) is 8.76. The maximum absolute atomic E-state index is 12.8. The molecule has 6 heteroatoms. The van der Waals surface area contributed by atoms with Crippen LogP contribution in [0.5, 0.6) is 0 Å². The summed E-state index contributed by atoms with van der Waals surface area (Å²) in [7, 11) is 1.66. The Labute approximate surface area is 237 Å². The van der Waals surface area contributed by atoms with Gasteiger partial charge >= 0.3 is 0 Å². The molecule has 1 aliphatic rings. The smallest absolute Gasteiger partial charge is 0.188 e. The van der Waals surface area contributed by atoms with E-state index in [-0.39, 0.29) is 30.7 Å². The molecule has 0 aromatic heterocycles. The van der Waals surface area contributed by atoms with Crippen molar-refractivity contribution in [1.29, 1.82) is 0 Å². The fourth-order valence-corrected chi connectivity index (χ4v) is 4.33. The number of rotatable bonds is 16. The van der Waals surface area contributed by atoms with Crippen molar-refractivity contribution in [3.63, 3.8) is 0 Å². The highest BCUT2D eigenvalue weighted by atomic mass is 35.5. The SMILES string of the molecule is C=C/C=C/CCOCC(=O)c1ccc2c(c1)C(COC)c1cc(C(=O)COCC/C=C/C=C/C)ccc1-2.CCl. The predicted molar refractivity (Wildman–Crippen MR) is 160 cm³/mol. The lowest BCUT2D eigenvalue weighted by Crippen LogP contribution is -2.12.